The van der Waals surface area contributed by atoms with Gasteiger partial charge in [0.2, 0.25) is 10.0 Å². The van der Waals surface area contributed by atoms with E-state index >= 15 is 0 Å². The third kappa shape index (κ3) is 3.28. The highest BCUT2D eigenvalue weighted by Crippen LogP contribution is 2.23. The van der Waals surface area contributed by atoms with Crippen molar-refractivity contribution >= 4 is 10.0 Å². The lowest BCUT2D eigenvalue weighted by atomic mass is 10.1. The van der Waals surface area contributed by atoms with E-state index in [1.807, 2.05) is 0 Å². The number of nitrogens with two attached hydrogens (primary N) is 1. The average molecular weight is 272 g/mol. The quantitative estimate of drug-likeness (QED) is 0.866. The molecule has 0 radical (unpaired) electrons. The van der Waals surface area contributed by atoms with E-state index in [1.165, 1.54) is 12.1 Å². The van der Waals surface area contributed by atoms with Gasteiger partial charge in [-0.1, -0.05) is 0 Å². The summed E-state index contributed by atoms with van der Waals surface area (Å²) in [6.07, 6.45) is 2.75. The van der Waals surface area contributed by atoms with Gasteiger partial charge in [0.1, 0.15) is 5.82 Å². The van der Waals surface area contributed by atoms with Gasteiger partial charge in [0.15, 0.2) is 0 Å². The second-order valence-corrected chi connectivity index (χ2v) is 6.51. The van der Waals surface area contributed by atoms with Gasteiger partial charge < -0.3 is 5.73 Å². The van der Waals surface area contributed by atoms with E-state index < -0.39 is 15.8 Å². The predicted molar refractivity (Wildman–Crippen MR) is 66.9 cm³/mol. The molecule has 0 aromatic heterocycles. The van der Waals surface area contributed by atoms with Gasteiger partial charge in [-0.2, -0.15) is 0 Å². The van der Waals surface area contributed by atoms with Crippen molar-refractivity contribution < 1.29 is 12.8 Å². The second kappa shape index (κ2) is 5.34. The molecule has 2 rings (SSSR count). The minimum atomic E-state index is -3.54. The van der Waals surface area contributed by atoms with Crippen LogP contribution in [0, 0.1) is 11.7 Å². The number of sulfonamides is 1. The van der Waals surface area contributed by atoms with E-state index in [1.54, 1.807) is 0 Å². The summed E-state index contributed by atoms with van der Waals surface area (Å²) in [5, 5.41) is 0. The monoisotopic (exact) mass is 272 g/mol. The van der Waals surface area contributed by atoms with E-state index in [2.05, 4.69) is 4.72 Å². The molecule has 0 unspecified atom stereocenters. The van der Waals surface area contributed by atoms with Crippen LogP contribution in [-0.2, 0) is 10.0 Å². The summed E-state index contributed by atoms with van der Waals surface area (Å²) < 4.78 is 39.1. The highest BCUT2D eigenvalue weighted by molar-refractivity contribution is 7.89. The first kappa shape index (κ1) is 13.5. The lowest BCUT2D eigenvalue weighted by Gasteiger charge is -2.11. The Morgan fingerprint density at radius 2 is 1.94 bits per heavy atom. The number of hydrogen-bond acceptors (Lipinski definition) is 3. The number of halogens is 1. The molecule has 1 saturated carbocycles. The van der Waals surface area contributed by atoms with Crippen LogP contribution in [0.15, 0.2) is 29.2 Å². The molecule has 1 aromatic carbocycles. The highest BCUT2D eigenvalue weighted by atomic mass is 32.2. The molecule has 1 aromatic rings. The molecule has 0 aliphatic heterocycles. The van der Waals surface area contributed by atoms with Gasteiger partial charge in [-0.05, 0) is 49.4 Å². The SMILES string of the molecule is N[C@@H]1CC[C@H](CNS(=O)(=O)c2ccc(F)cc2)C1. The third-order valence-corrected chi connectivity index (χ3v) is 4.71. The van der Waals surface area contributed by atoms with Crippen LogP contribution < -0.4 is 10.5 Å². The van der Waals surface area contributed by atoms with Gasteiger partial charge >= 0.3 is 0 Å². The topological polar surface area (TPSA) is 72.2 Å². The Labute approximate surface area is 106 Å². The van der Waals surface area contributed by atoms with E-state index in [4.69, 9.17) is 5.73 Å². The number of rotatable bonds is 4. The van der Waals surface area contributed by atoms with Gasteiger partial charge in [-0.15, -0.1) is 0 Å². The lowest BCUT2D eigenvalue weighted by molar-refractivity contribution is 0.512. The van der Waals surface area contributed by atoms with E-state index in [9.17, 15) is 12.8 Å². The molecular formula is C12H17FN2O2S. The molecule has 1 aliphatic carbocycles. The molecule has 100 valence electrons. The van der Waals surface area contributed by atoms with Gasteiger partial charge in [-0.3, -0.25) is 0 Å². The zero-order valence-corrected chi connectivity index (χ0v) is 10.8. The smallest absolute Gasteiger partial charge is 0.240 e. The Morgan fingerprint density at radius 3 is 2.50 bits per heavy atom. The maximum atomic E-state index is 12.7. The lowest BCUT2D eigenvalue weighted by Crippen LogP contribution is -2.29. The van der Waals surface area contributed by atoms with Crippen LogP contribution in [0.4, 0.5) is 4.39 Å². The minimum Gasteiger partial charge on any atom is -0.328 e. The summed E-state index contributed by atoms with van der Waals surface area (Å²) in [5.41, 5.74) is 5.77. The Kier molecular flexibility index (Phi) is 3.99. The summed E-state index contributed by atoms with van der Waals surface area (Å²) in [7, 11) is -3.54. The number of hydrogen-bond donors (Lipinski definition) is 2. The summed E-state index contributed by atoms with van der Waals surface area (Å²) in [5.74, 6) is -0.147. The third-order valence-electron chi connectivity index (χ3n) is 3.27. The molecule has 0 saturated heterocycles. The van der Waals surface area contributed by atoms with Crippen molar-refractivity contribution in [2.75, 3.05) is 6.54 Å². The number of benzene rings is 1. The van der Waals surface area contributed by atoms with Crippen molar-refractivity contribution in [1.82, 2.24) is 4.72 Å². The van der Waals surface area contributed by atoms with Crippen molar-refractivity contribution in [3.63, 3.8) is 0 Å². The molecule has 0 spiro atoms. The molecule has 0 bridgehead atoms. The van der Waals surface area contributed by atoms with Gasteiger partial charge in [-0.25, -0.2) is 17.5 Å². The average Bonchev–Trinajstić information content (AvgIpc) is 2.73. The molecule has 0 amide bonds. The maximum absolute atomic E-state index is 12.7. The van der Waals surface area contributed by atoms with Crippen LogP contribution in [0.5, 0.6) is 0 Å². The molecule has 18 heavy (non-hydrogen) atoms. The highest BCUT2D eigenvalue weighted by Gasteiger charge is 2.23. The molecule has 1 fully saturated rings. The first-order valence-corrected chi connectivity index (χ1v) is 7.46. The van der Waals surface area contributed by atoms with Crippen molar-refractivity contribution in [3.8, 4) is 0 Å². The van der Waals surface area contributed by atoms with Crippen molar-refractivity contribution in [1.29, 1.82) is 0 Å². The number of nitrogens with one attached hydrogen (secondary N) is 1. The van der Waals surface area contributed by atoms with Crippen molar-refractivity contribution in [2.45, 2.75) is 30.2 Å². The summed E-state index contributed by atoms with van der Waals surface area (Å²) in [6, 6.07) is 4.99. The molecule has 0 heterocycles. The molecule has 4 nitrogen and oxygen atoms in total. The van der Waals surface area contributed by atoms with E-state index in [0.717, 1.165) is 31.4 Å². The van der Waals surface area contributed by atoms with Crippen molar-refractivity contribution in [2.24, 2.45) is 11.7 Å². The molecule has 1 aliphatic rings. The molecule has 3 N–H and O–H groups in total. The molecular weight excluding hydrogens is 255 g/mol. The van der Waals surface area contributed by atoms with Gasteiger partial charge in [0.05, 0.1) is 4.90 Å². The van der Waals surface area contributed by atoms with E-state index in [-0.39, 0.29) is 10.9 Å². The predicted octanol–water partition coefficient (Wildman–Crippen LogP) is 1.23. The van der Waals surface area contributed by atoms with Crippen LogP contribution >= 0.6 is 0 Å². The maximum Gasteiger partial charge on any atom is 0.240 e. The fourth-order valence-electron chi connectivity index (χ4n) is 2.22. The van der Waals surface area contributed by atoms with Gasteiger partial charge in [0.25, 0.3) is 0 Å². The van der Waals surface area contributed by atoms with Crippen LogP contribution in [0.25, 0.3) is 0 Å². The van der Waals surface area contributed by atoms with Crippen LogP contribution in [0.1, 0.15) is 19.3 Å². The van der Waals surface area contributed by atoms with Crippen molar-refractivity contribution in [3.05, 3.63) is 30.1 Å². The fourth-order valence-corrected chi connectivity index (χ4v) is 3.34. The summed E-state index contributed by atoms with van der Waals surface area (Å²) >= 11 is 0. The second-order valence-electron chi connectivity index (χ2n) is 4.74. The first-order valence-electron chi connectivity index (χ1n) is 5.98. The van der Waals surface area contributed by atoms with Crippen LogP contribution in [0.2, 0.25) is 0 Å². The first-order chi connectivity index (χ1) is 8.47. The largest absolute Gasteiger partial charge is 0.328 e. The minimum absolute atomic E-state index is 0.0891. The molecule has 2 atom stereocenters. The summed E-state index contributed by atoms with van der Waals surface area (Å²) in [6.45, 7) is 0.396. The summed E-state index contributed by atoms with van der Waals surface area (Å²) in [4.78, 5) is 0.0891. The Bertz CT molecular complexity index is 501. The molecule has 6 heteroatoms. The zero-order chi connectivity index (χ0) is 13.2. The standard InChI is InChI=1S/C12H17FN2O2S/c13-10-2-5-12(6-3-10)18(16,17)15-8-9-1-4-11(14)7-9/h2-3,5-6,9,11,15H,1,4,7-8,14H2/t9-,11+/m0/s1. The van der Waals surface area contributed by atoms with E-state index in [0.29, 0.717) is 12.5 Å². The Hall–Kier alpha value is -0.980. The van der Waals surface area contributed by atoms with Crippen LogP contribution in [-0.4, -0.2) is 21.0 Å². The van der Waals surface area contributed by atoms with Crippen LogP contribution in [0.3, 0.4) is 0 Å². The zero-order valence-electron chi connectivity index (χ0n) is 9.97. The Morgan fingerprint density at radius 1 is 1.28 bits per heavy atom. The normalized spacial score (nSPS) is 24.3. The fraction of sp³-hybridized carbons (Fsp3) is 0.500. The Balaban J connectivity index is 1.97. The van der Waals surface area contributed by atoms with Gasteiger partial charge in [0, 0.05) is 12.6 Å².